The summed E-state index contributed by atoms with van der Waals surface area (Å²) in [6.07, 6.45) is 0. The van der Waals surface area contributed by atoms with Crippen molar-refractivity contribution in [2.24, 2.45) is 0 Å². The van der Waals surface area contributed by atoms with Crippen molar-refractivity contribution in [3.8, 4) is 0 Å². The average molecular weight is 422 g/mol. The van der Waals surface area contributed by atoms with E-state index in [2.05, 4.69) is 31.9 Å². The molecule has 1 unspecified atom stereocenters. The van der Waals surface area contributed by atoms with Crippen LogP contribution in [-0.2, 0) is 4.79 Å². The van der Waals surface area contributed by atoms with E-state index in [4.69, 9.17) is 0 Å². The molecule has 0 aromatic heterocycles. The molecule has 1 aliphatic rings. The lowest BCUT2D eigenvalue weighted by atomic mass is 9.95. The van der Waals surface area contributed by atoms with E-state index in [1.165, 1.54) is 6.07 Å². The molecule has 0 saturated heterocycles. The third-order valence-corrected chi connectivity index (χ3v) is 4.42. The molecule has 2 aromatic rings. The molecule has 0 fully saturated rings. The molecule has 0 aliphatic carbocycles. The second-order valence-electron chi connectivity index (χ2n) is 5.70. The summed E-state index contributed by atoms with van der Waals surface area (Å²) >= 11 is 3.34. The molecule has 3 amide bonds. The van der Waals surface area contributed by atoms with Crippen molar-refractivity contribution >= 4 is 33.6 Å². The Morgan fingerprint density at radius 3 is 2.46 bits per heavy atom. The highest BCUT2D eigenvalue weighted by atomic mass is 79.9. The van der Waals surface area contributed by atoms with E-state index in [9.17, 15) is 18.4 Å². The number of hydrogen-bond donors (Lipinski definition) is 3. The zero-order valence-electron chi connectivity index (χ0n) is 13.6. The van der Waals surface area contributed by atoms with Crippen molar-refractivity contribution in [1.82, 2.24) is 10.6 Å². The second-order valence-corrected chi connectivity index (χ2v) is 6.62. The first-order valence-corrected chi connectivity index (χ1v) is 8.44. The Labute approximate surface area is 156 Å². The topological polar surface area (TPSA) is 70.2 Å². The lowest BCUT2D eigenvalue weighted by Gasteiger charge is -2.28. The Bertz CT molecular complexity index is 913. The van der Waals surface area contributed by atoms with Crippen LogP contribution in [0.5, 0.6) is 0 Å². The number of allylic oxidation sites excluding steroid dienone is 1. The molecule has 0 bridgehead atoms. The molecule has 8 heteroatoms. The van der Waals surface area contributed by atoms with Crippen molar-refractivity contribution in [1.29, 1.82) is 0 Å². The van der Waals surface area contributed by atoms with E-state index in [1.54, 1.807) is 31.2 Å². The Morgan fingerprint density at radius 2 is 1.81 bits per heavy atom. The summed E-state index contributed by atoms with van der Waals surface area (Å²) in [6.45, 7) is 1.60. The van der Waals surface area contributed by atoms with Crippen molar-refractivity contribution in [3.05, 3.63) is 75.4 Å². The Hall–Kier alpha value is -2.74. The van der Waals surface area contributed by atoms with E-state index < -0.39 is 29.6 Å². The number of benzene rings is 2. The molecule has 0 saturated carbocycles. The van der Waals surface area contributed by atoms with Crippen molar-refractivity contribution in [2.45, 2.75) is 13.0 Å². The molecule has 0 spiro atoms. The van der Waals surface area contributed by atoms with Crippen LogP contribution in [-0.4, -0.2) is 11.9 Å². The second kappa shape index (κ2) is 7.25. The fraction of sp³-hybridized carbons (Fsp3) is 0.111. The van der Waals surface area contributed by atoms with Gasteiger partial charge in [0.25, 0.3) is 5.91 Å². The Morgan fingerprint density at radius 1 is 1.12 bits per heavy atom. The van der Waals surface area contributed by atoms with Crippen LogP contribution in [0.15, 0.2) is 58.2 Å². The maximum Gasteiger partial charge on any atom is 0.319 e. The maximum absolute atomic E-state index is 13.4. The van der Waals surface area contributed by atoms with Gasteiger partial charge in [-0.3, -0.25) is 4.79 Å². The summed E-state index contributed by atoms with van der Waals surface area (Å²) in [5.74, 6) is -2.60. The van der Waals surface area contributed by atoms with Gasteiger partial charge in [0.05, 0.1) is 11.6 Å². The highest BCUT2D eigenvalue weighted by Gasteiger charge is 2.31. The van der Waals surface area contributed by atoms with Gasteiger partial charge in [-0.2, -0.15) is 0 Å². The van der Waals surface area contributed by atoms with E-state index in [1.807, 2.05) is 0 Å². The lowest BCUT2D eigenvalue weighted by Crippen LogP contribution is -2.45. The first kappa shape index (κ1) is 18.1. The summed E-state index contributed by atoms with van der Waals surface area (Å²) in [6, 6.07) is 9.12. The fourth-order valence-corrected chi connectivity index (χ4v) is 2.94. The van der Waals surface area contributed by atoms with Gasteiger partial charge in [0.2, 0.25) is 0 Å². The number of hydrogen-bond acceptors (Lipinski definition) is 2. The number of carbonyl (C=O) groups excluding carboxylic acids is 2. The normalized spacial score (nSPS) is 16.8. The summed E-state index contributed by atoms with van der Waals surface area (Å²) < 4.78 is 27.3. The van der Waals surface area contributed by atoms with Gasteiger partial charge in [-0.25, -0.2) is 13.6 Å². The molecule has 1 atom stereocenters. The molecular weight excluding hydrogens is 408 g/mol. The molecular formula is C18H14BrF2N3O2. The molecule has 26 heavy (non-hydrogen) atoms. The number of urea groups is 1. The smallest absolute Gasteiger partial charge is 0.319 e. The molecule has 3 rings (SSSR count). The zero-order valence-corrected chi connectivity index (χ0v) is 15.2. The van der Waals surface area contributed by atoms with Gasteiger partial charge >= 0.3 is 6.03 Å². The van der Waals surface area contributed by atoms with Gasteiger partial charge in [-0.05, 0) is 36.8 Å². The summed E-state index contributed by atoms with van der Waals surface area (Å²) in [5, 5.41) is 7.79. The largest absolute Gasteiger partial charge is 0.327 e. The first-order chi connectivity index (χ1) is 12.3. The predicted molar refractivity (Wildman–Crippen MR) is 96.2 cm³/mol. The van der Waals surface area contributed by atoms with Crippen LogP contribution in [0.1, 0.15) is 18.5 Å². The van der Waals surface area contributed by atoms with Crippen LogP contribution < -0.4 is 16.0 Å². The third-order valence-electron chi connectivity index (χ3n) is 3.89. The first-order valence-electron chi connectivity index (χ1n) is 7.65. The molecule has 0 radical (unpaired) electrons. The maximum atomic E-state index is 13.4. The van der Waals surface area contributed by atoms with Crippen LogP contribution >= 0.6 is 15.9 Å². The van der Waals surface area contributed by atoms with Gasteiger partial charge in [-0.15, -0.1) is 0 Å². The monoisotopic (exact) mass is 421 g/mol. The van der Waals surface area contributed by atoms with Gasteiger partial charge < -0.3 is 16.0 Å². The van der Waals surface area contributed by atoms with Crippen molar-refractivity contribution < 1.29 is 18.4 Å². The predicted octanol–water partition coefficient (Wildman–Crippen LogP) is 3.99. The molecule has 1 heterocycles. The molecule has 134 valence electrons. The number of halogens is 3. The average Bonchev–Trinajstić information content (AvgIpc) is 2.58. The lowest BCUT2D eigenvalue weighted by molar-refractivity contribution is -0.113. The number of carbonyl (C=O) groups is 2. The van der Waals surface area contributed by atoms with Gasteiger partial charge in [-0.1, -0.05) is 28.1 Å². The highest BCUT2D eigenvalue weighted by molar-refractivity contribution is 9.10. The number of amides is 3. The van der Waals surface area contributed by atoms with Gasteiger partial charge in [0.1, 0.15) is 0 Å². The molecule has 2 aromatic carbocycles. The third kappa shape index (κ3) is 3.75. The van der Waals surface area contributed by atoms with Crippen LogP contribution in [0.25, 0.3) is 0 Å². The number of nitrogens with one attached hydrogen (secondary N) is 3. The number of anilines is 1. The SMILES string of the molecule is CC1=C(C(=O)Nc2ccc(F)c(F)c2)C(c2ccc(Br)cc2)NC(=O)N1. The summed E-state index contributed by atoms with van der Waals surface area (Å²) in [7, 11) is 0. The quantitative estimate of drug-likeness (QED) is 0.700. The minimum atomic E-state index is -1.06. The fourth-order valence-electron chi connectivity index (χ4n) is 2.67. The van der Waals surface area contributed by atoms with Crippen LogP contribution in [0.3, 0.4) is 0 Å². The van der Waals surface area contributed by atoms with Crippen molar-refractivity contribution in [2.75, 3.05) is 5.32 Å². The van der Waals surface area contributed by atoms with Crippen LogP contribution in [0.4, 0.5) is 19.3 Å². The number of rotatable bonds is 3. The van der Waals surface area contributed by atoms with Crippen LogP contribution in [0, 0.1) is 11.6 Å². The standard InChI is InChI=1S/C18H14BrF2N3O2/c1-9-15(17(25)23-12-6-7-13(20)14(21)8-12)16(24-18(26)22-9)10-2-4-11(19)5-3-10/h2-8,16H,1H3,(H,23,25)(H2,22,24,26). The van der Waals surface area contributed by atoms with E-state index in [0.717, 1.165) is 16.6 Å². The minimum absolute atomic E-state index is 0.112. The van der Waals surface area contributed by atoms with Crippen LogP contribution in [0.2, 0.25) is 0 Å². The molecule has 5 nitrogen and oxygen atoms in total. The van der Waals surface area contributed by atoms with E-state index >= 15 is 0 Å². The summed E-state index contributed by atoms with van der Waals surface area (Å²) in [4.78, 5) is 24.6. The highest BCUT2D eigenvalue weighted by Crippen LogP contribution is 2.28. The van der Waals surface area contributed by atoms with E-state index in [-0.39, 0.29) is 11.3 Å². The molecule has 3 N–H and O–H groups in total. The van der Waals surface area contributed by atoms with E-state index in [0.29, 0.717) is 11.3 Å². The van der Waals surface area contributed by atoms with Crippen molar-refractivity contribution in [3.63, 3.8) is 0 Å². The Kier molecular flexibility index (Phi) is 5.03. The zero-order chi connectivity index (χ0) is 18.8. The molecule has 1 aliphatic heterocycles. The van der Waals surface area contributed by atoms with Gasteiger partial charge in [0.15, 0.2) is 11.6 Å². The summed E-state index contributed by atoms with van der Waals surface area (Å²) in [5.41, 5.74) is 1.47. The van der Waals surface area contributed by atoms with Gasteiger partial charge in [0, 0.05) is 21.9 Å². The Balaban J connectivity index is 1.93. The minimum Gasteiger partial charge on any atom is -0.327 e.